The van der Waals surface area contributed by atoms with Gasteiger partial charge in [-0.05, 0) is 53.7 Å². The van der Waals surface area contributed by atoms with Crippen LogP contribution < -0.4 is 4.74 Å². The molecular weight excluding hydrogens is 452 g/mol. The molecule has 0 aliphatic carbocycles. The summed E-state index contributed by atoms with van der Waals surface area (Å²) in [5.41, 5.74) is 1.42. The van der Waals surface area contributed by atoms with E-state index in [1.165, 1.54) is 4.90 Å². The van der Waals surface area contributed by atoms with E-state index in [4.69, 9.17) is 21.6 Å². The van der Waals surface area contributed by atoms with Crippen molar-refractivity contribution >= 4 is 56.5 Å². The fourth-order valence-electron chi connectivity index (χ4n) is 2.42. The summed E-state index contributed by atoms with van der Waals surface area (Å²) in [6, 6.07) is 14.1. The quantitative estimate of drug-likeness (QED) is 0.567. The zero-order valence-electron chi connectivity index (χ0n) is 13.8. The molecule has 0 bridgehead atoms. The van der Waals surface area contributed by atoms with Crippen LogP contribution in [0.5, 0.6) is 5.75 Å². The largest absolute Gasteiger partial charge is 0.478 e. The molecule has 0 unspecified atom stereocenters. The third kappa shape index (κ3) is 4.72. The lowest BCUT2D eigenvalue weighted by molar-refractivity contribution is -0.123. The summed E-state index contributed by atoms with van der Waals surface area (Å²) in [6.45, 7) is 0.0654. The minimum Gasteiger partial charge on any atom is -0.478 e. The standard InChI is InChI=1S/C19H12BrClN2O3S/c20-14-3-6-16(26-8-7-22)13(9-14)10-17-18(24)23(19(25)27-17)11-12-1-4-15(21)5-2-12/h1-6,9-10H,8,11H2/b17-10-. The summed E-state index contributed by atoms with van der Waals surface area (Å²) < 4.78 is 6.18. The zero-order chi connectivity index (χ0) is 19.4. The van der Waals surface area contributed by atoms with Gasteiger partial charge < -0.3 is 4.74 Å². The zero-order valence-corrected chi connectivity index (χ0v) is 17.0. The van der Waals surface area contributed by atoms with E-state index in [2.05, 4.69) is 15.9 Å². The highest BCUT2D eigenvalue weighted by molar-refractivity contribution is 9.10. The SMILES string of the molecule is N#CCOc1ccc(Br)cc1/C=C1\SC(=O)N(Cc2ccc(Cl)cc2)C1=O. The van der Waals surface area contributed by atoms with Gasteiger partial charge in [-0.15, -0.1) is 0 Å². The average Bonchev–Trinajstić information content (AvgIpc) is 2.90. The summed E-state index contributed by atoms with van der Waals surface area (Å²) in [4.78, 5) is 26.5. The van der Waals surface area contributed by atoms with Gasteiger partial charge in [0.1, 0.15) is 11.8 Å². The molecule has 27 heavy (non-hydrogen) atoms. The van der Waals surface area contributed by atoms with Gasteiger partial charge >= 0.3 is 0 Å². The van der Waals surface area contributed by atoms with Gasteiger partial charge in [-0.1, -0.05) is 39.7 Å². The molecule has 0 atom stereocenters. The molecule has 2 amide bonds. The van der Waals surface area contributed by atoms with Crippen LogP contribution in [0, 0.1) is 11.3 Å². The predicted molar refractivity (Wildman–Crippen MR) is 108 cm³/mol. The number of halogens is 2. The van der Waals surface area contributed by atoms with Crippen molar-refractivity contribution in [3.8, 4) is 11.8 Å². The van der Waals surface area contributed by atoms with Crippen LogP contribution in [0.25, 0.3) is 6.08 Å². The Bertz CT molecular complexity index is 970. The number of hydrogen-bond acceptors (Lipinski definition) is 5. The van der Waals surface area contributed by atoms with E-state index in [0.717, 1.165) is 21.8 Å². The van der Waals surface area contributed by atoms with Crippen LogP contribution >= 0.6 is 39.3 Å². The summed E-state index contributed by atoms with van der Waals surface area (Å²) in [7, 11) is 0. The van der Waals surface area contributed by atoms with Gasteiger partial charge in [-0.3, -0.25) is 14.5 Å². The van der Waals surface area contributed by atoms with Gasteiger partial charge in [0.25, 0.3) is 11.1 Å². The van der Waals surface area contributed by atoms with Crippen LogP contribution in [0.4, 0.5) is 4.79 Å². The van der Waals surface area contributed by atoms with Crippen LogP contribution in [0.1, 0.15) is 11.1 Å². The second-order valence-electron chi connectivity index (χ2n) is 5.52. The minimum absolute atomic E-state index is 0.111. The van der Waals surface area contributed by atoms with Crippen LogP contribution in [-0.4, -0.2) is 22.7 Å². The van der Waals surface area contributed by atoms with Crippen LogP contribution in [-0.2, 0) is 11.3 Å². The van der Waals surface area contributed by atoms with E-state index in [-0.39, 0.29) is 24.3 Å². The number of carbonyl (C=O) groups is 2. The summed E-state index contributed by atoms with van der Waals surface area (Å²) in [5, 5.41) is 8.96. The number of benzene rings is 2. The molecule has 1 aliphatic heterocycles. The fourth-order valence-corrected chi connectivity index (χ4v) is 3.76. The number of ether oxygens (including phenoxy) is 1. The van der Waals surface area contributed by atoms with E-state index in [9.17, 15) is 9.59 Å². The third-order valence-corrected chi connectivity index (χ3v) is 5.33. The lowest BCUT2D eigenvalue weighted by atomic mass is 10.1. The highest BCUT2D eigenvalue weighted by atomic mass is 79.9. The topological polar surface area (TPSA) is 70.4 Å². The van der Waals surface area contributed by atoms with Gasteiger partial charge in [0.2, 0.25) is 0 Å². The molecule has 2 aromatic rings. The van der Waals surface area contributed by atoms with Crippen molar-refractivity contribution < 1.29 is 14.3 Å². The minimum atomic E-state index is -0.369. The molecule has 0 radical (unpaired) electrons. The summed E-state index contributed by atoms with van der Waals surface area (Å²) in [5.74, 6) is 0.0930. The lowest BCUT2D eigenvalue weighted by Gasteiger charge is -2.12. The maximum Gasteiger partial charge on any atom is 0.293 e. The highest BCUT2D eigenvalue weighted by Crippen LogP contribution is 2.35. The van der Waals surface area contributed by atoms with Crippen LogP contribution in [0.15, 0.2) is 51.8 Å². The van der Waals surface area contributed by atoms with E-state index in [1.807, 2.05) is 6.07 Å². The number of nitriles is 1. The number of rotatable bonds is 5. The first kappa shape index (κ1) is 19.5. The number of carbonyl (C=O) groups excluding carboxylic acids is 2. The van der Waals surface area contributed by atoms with E-state index in [1.54, 1.807) is 48.5 Å². The molecule has 0 spiro atoms. The number of thioether (sulfide) groups is 1. The first-order valence-electron chi connectivity index (χ1n) is 7.77. The molecular formula is C19H12BrClN2O3S. The molecule has 8 heteroatoms. The molecule has 3 rings (SSSR count). The van der Waals surface area contributed by atoms with E-state index >= 15 is 0 Å². The van der Waals surface area contributed by atoms with Crippen molar-refractivity contribution in [1.29, 1.82) is 5.26 Å². The predicted octanol–water partition coefficient (Wildman–Crippen LogP) is 5.24. The van der Waals surface area contributed by atoms with Crippen molar-refractivity contribution in [2.24, 2.45) is 0 Å². The Morgan fingerprint density at radius 1 is 1.22 bits per heavy atom. The molecule has 1 saturated heterocycles. The van der Waals surface area contributed by atoms with Gasteiger partial charge in [0.15, 0.2) is 6.61 Å². The Morgan fingerprint density at radius 2 is 1.96 bits per heavy atom. The first-order valence-corrected chi connectivity index (χ1v) is 9.76. The van der Waals surface area contributed by atoms with Crippen molar-refractivity contribution in [3.63, 3.8) is 0 Å². The van der Waals surface area contributed by atoms with Gasteiger partial charge in [0, 0.05) is 15.1 Å². The van der Waals surface area contributed by atoms with Crippen LogP contribution in [0.2, 0.25) is 5.02 Å². The molecule has 1 heterocycles. The lowest BCUT2D eigenvalue weighted by Crippen LogP contribution is -2.27. The second-order valence-corrected chi connectivity index (χ2v) is 7.87. The Hall–Kier alpha value is -2.27. The number of amides is 2. The van der Waals surface area contributed by atoms with Gasteiger partial charge in [0.05, 0.1) is 11.4 Å². The normalized spacial score (nSPS) is 15.3. The van der Waals surface area contributed by atoms with Crippen molar-refractivity contribution in [1.82, 2.24) is 4.90 Å². The average molecular weight is 464 g/mol. The van der Waals surface area contributed by atoms with Crippen molar-refractivity contribution in [3.05, 3.63) is 68.0 Å². The number of hydrogen-bond donors (Lipinski definition) is 0. The molecule has 1 aliphatic rings. The fraction of sp³-hybridized carbons (Fsp3) is 0.105. The number of nitrogens with zero attached hydrogens (tertiary/aromatic N) is 2. The molecule has 2 aromatic carbocycles. The molecule has 5 nitrogen and oxygen atoms in total. The molecule has 0 N–H and O–H groups in total. The molecule has 0 saturated carbocycles. The number of imide groups is 1. The highest BCUT2D eigenvalue weighted by Gasteiger charge is 2.35. The maximum atomic E-state index is 12.7. The Labute approximate surface area is 173 Å². The summed E-state index contributed by atoms with van der Waals surface area (Å²) >= 11 is 10.1. The molecule has 0 aromatic heterocycles. The smallest absolute Gasteiger partial charge is 0.293 e. The van der Waals surface area contributed by atoms with E-state index < -0.39 is 0 Å². The Morgan fingerprint density at radius 3 is 2.67 bits per heavy atom. The summed E-state index contributed by atoms with van der Waals surface area (Å²) in [6.07, 6.45) is 1.60. The maximum absolute atomic E-state index is 12.7. The van der Waals surface area contributed by atoms with Crippen molar-refractivity contribution in [2.75, 3.05) is 6.61 Å². The Balaban J connectivity index is 1.85. The molecule has 136 valence electrons. The van der Waals surface area contributed by atoms with Gasteiger partial charge in [-0.2, -0.15) is 5.26 Å². The van der Waals surface area contributed by atoms with E-state index in [0.29, 0.717) is 21.2 Å². The Kier molecular flexibility index (Phi) is 6.22. The monoisotopic (exact) mass is 462 g/mol. The van der Waals surface area contributed by atoms with Gasteiger partial charge in [-0.25, -0.2) is 0 Å². The molecule has 1 fully saturated rings. The second kappa shape index (κ2) is 8.61. The third-order valence-electron chi connectivity index (χ3n) is 3.68. The van der Waals surface area contributed by atoms with Crippen LogP contribution in [0.3, 0.4) is 0 Å². The van der Waals surface area contributed by atoms with Crippen molar-refractivity contribution in [2.45, 2.75) is 6.54 Å². The first-order chi connectivity index (χ1) is 13.0.